The molecule has 0 aromatic carbocycles. The van der Waals surface area contributed by atoms with Crippen molar-refractivity contribution in [2.24, 2.45) is 16.8 Å². The fraction of sp³-hybridized carbons (Fsp3) is 0.500. The molecule has 1 heteroatoms. The Kier molecular flexibility index (Phi) is 1.45. The summed E-state index contributed by atoms with van der Waals surface area (Å²) < 4.78 is 0. The first-order valence-electron chi connectivity index (χ1n) is 4.17. The second-order valence-electron chi connectivity index (χ2n) is 3.48. The molecule has 1 nitrogen and oxygen atoms in total. The highest BCUT2D eigenvalue weighted by atomic mass is 14.8. The van der Waals surface area contributed by atoms with Gasteiger partial charge in [0.1, 0.15) is 0 Å². The van der Waals surface area contributed by atoms with Gasteiger partial charge in [-0.25, -0.2) is 0 Å². The molecule has 0 amide bonds. The Bertz CT molecular complexity index is 248. The van der Waals surface area contributed by atoms with Crippen LogP contribution in [0.5, 0.6) is 0 Å². The van der Waals surface area contributed by atoms with Crippen molar-refractivity contribution in [2.75, 3.05) is 0 Å². The molecule has 0 radical (unpaired) electrons. The van der Waals surface area contributed by atoms with Crippen LogP contribution in [0.15, 0.2) is 28.8 Å². The van der Waals surface area contributed by atoms with E-state index >= 15 is 0 Å². The average molecular weight is 147 g/mol. The maximum Gasteiger partial charge on any atom is 0.0774 e. The molecule has 1 aliphatic heterocycles. The highest BCUT2D eigenvalue weighted by Gasteiger charge is 2.30. The van der Waals surface area contributed by atoms with Crippen molar-refractivity contribution in [3.8, 4) is 0 Å². The normalized spacial score (nSPS) is 40.5. The predicted octanol–water partition coefficient (Wildman–Crippen LogP) is 2.21. The first-order chi connectivity index (χ1) is 5.29. The van der Waals surface area contributed by atoms with E-state index in [-0.39, 0.29) is 0 Å². The van der Waals surface area contributed by atoms with Gasteiger partial charge in [-0.2, -0.15) is 0 Å². The van der Waals surface area contributed by atoms with E-state index in [4.69, 9.17) is 0 Å². The number of hydrogen-bond donors (Lipinski definition) is 0. The Morgan fingerprint density at radius 3 is 3.00 bits per heavy atom. The molecule has 1 heterocycles. The Balaban J connectivity index is 2.30. The SMILES string of the molecule is CC1=CC=CC2C(C)C=NC12. The van der Waals surface area contributed by atoms with Crippen molar-refractivity contribution in [3.05, 3.63) is 23.8 Å². The molecule has 0 spiro atoms. The maximum atomic E-state index is 4.48. The number of nitrogens with zero attached hydrogens (tertiary/aromatic N) is 1. The zero-order valence-corrected chi connectivity index (χ0v) is 6.99. The monoisotopic (exact) mass is 147 g/mol. The fourth-order valence-corrected chi connectivity index (χ4v) is 1.85. The quantitative estimate of drug-likeness (QED) is 0.498. The van der Waals surface area contributed by atoms with E-state index in [1.54, 1.807) is 0 Å². The summed E-state index contributed by atoms with van der Waals surface area (Å²) in [6.07, 6.45) is 8.68. The lowest BCUT2D eigenvalue weighted by atomic mass is 9.84. The molecule has 0 fully saturated rings. The third kappa shape index (κ3) is 0.953. The third-order valence-corrected chi connectivity index (χ3v) is 2.61. The summed E-state index contributed by atoms with van der Waals surface area (Å²) in [6.45, 7) is 4.40. The van der Waals surface area contributed by atoms with Crippen LogP contribution in [0.25, 0.3) is 0 Å². The first-order valence-corrected chi connectivity index (χ1v) is 4.17. The van der Waals surface area contributed by atoms with Crippen LogP contribution in [-0.2, 0) is 0 Å². The first kappa shape index (κ1) is 6.84. The average Bonchev–Trinajstić information content (AvgIpc) is 2.35. The van der Waals surface area contributed by atoms with Gasteiger partial charge in [0.25, 0.3) is 0 Å². The molecule has 0 aromatic heterocycles. The minimum absolute atomic E-state index is 0.454. The highest BCUT2D eigenvalue weighted by molar-refractivity contribution is 5.66. The molecule has 0 aromatic rings. The molecule has 3 atom stereocenters. The summed E-state index contributed by atoms with van der Waals surface area (Å²) >= 11 is 0. The zero-order valence-electron chi connectivity index (χ0n) is 6.99. The van der Waals surface area contributed by atoms with E-state index in [1.807, 2.05) is 0 Å². The molecular weight excluding hydrogens is 134 g/mol. The lowest BCUT2D eigenvalue weighted by molar-refractivity contribution is 0.515. The summed E-state index contributed by atoms with van der Waals surface area (Å²) in [6, 6.07) is 0.454. The smallest absolute Gasteiger partial charge is 0.0774 e. The summed E-state index contributed by atoms with van der Waals surface area (Å²) in [7, 11) is 0. The van der Waals surface area contributed by atoms with Gasteiger partial charge in [0.15, 0.2) is 0 Å². The second-order valence-corrected chi connectivity index (χ2v) is 3.48. The van der Waals surface area contributed by atoms with Crippen LogP contribution in [0.4, 0.5) is 0 Å². The Hall–Kier alpha value is -0.850. The lowest BCUT2D eigenvalue weighted by Gasteiger charge is -2.21. The van der Waals surface area contributed by atoms with Gasteiger partial charge in [0.2, 0.25) is 0 Å². The van der Waals surface area contributed by atoms with Crippen LogP contribution < -0.4 is 0 Å². The number of allylic oxidation sites excluding steroid dienone is 2. The van der Waals surface area contributed by atoms with Gasteiger partial charge in [-0.3, -0.25) is 4.99 Å². The molecular formula is C10H13N. The molecule has 58 valence electrons. The van der Waals surface area contributed by atoms with Gasteiger partial charge in [-0.05, 0) is 18.4 Å². The molecule has 1 aliphatic carbocycles. The minimum Gasteiger partial charge on any atom is -0.289 e. The topological polar surface area (TPSA) is 12.4 Å². The summed E-state index contributed by atoms with van der Waals surface area (Å²) in [4.78, 5) is 4.48. The zero-order chi connectivity index (χ0) is 7.84. The van der Waals surface area contributed by atoms with Crippen LogP contribution in [0, 0.1) is 11.8 Å². The fourth-order valence-electron chi connectivity index (χ4n) is 1.85. The number of rotatable bonds is 0. The van der Waals surface area contributed by atoms with Gasteiger partial charge in [-0.15, -0.1) is 0 Å². The second kappa shape index (κ2) is 2.33. The molecule has 2 aliphatic rings. The Morgan fingerprint density at radius 2 is 2.27 bits per heavy atom. The molecule has 3 unspecified atom stereocenters. The van der Waals surface area contributed by atoms with Gasteiger partial charge in [0.05, 0.1) is 6.04 Å². The van der Waals surface area contributed by atoms with E-state index < -0.39 is 0 Å². The maximum absolute atomic E-state index is 4.48. The van der Waals surface area contributed by atoms with E-state index in [0.29, 0.717) is 17.9 Å². The van der Waals surface area contributed by atoms with Crippen molar-refractivity contribution in [1.82, 2.24) is 0 Å². The number of fused-ring (bicyclic) bond motifs is 1. The van der Waals surface area contributed by atoms with Crippen molar-refractivity contribution in [2.45, 2.75) is 19.9 Å². The molecule has 2 rings (SSSR count). The van der Waals surface area contributed by atoms with Crippen molar-refractivity contribution in [3.63, 3.8) is 0 Å². The summed E-state index contributed by atoms with van der Waals surface area (Å²) in [5.41, 5.74) is 1.40. The minimum atomic E-state index is 0.454. The lowest BCUT2D eigenvalue weighted by Crippen LogP contribution is -2.20. The van der Waals surface area contributed by atoms with E-state index in [1.165, 1.54) is 5.57 Å². The highest BCUT2D eigenvalue weighted by Crippen LogP contribution is 2.31. The Labute approximate surface area is 67.5 Å². The standard InChI is InChI=1S/C10H13N/c1-7-4-3-5-9-8(2)6-11-10(7)9/h3-6,8-10H,1-2H3. The largest absolute Gasteiger partial charge is 0.289 e. The van der Waals surface area contributed by atoms with Crippen molar-refractivity contribution in [1.29, 1.82) is 0 Å². The van der Waals surface area contributed by atoms with Gasteiger partial charge in [-0.1, -0.05) is 25.2 Å². The molecule has 0 saturated heterocycles. The molecule has 0 saturated carbocycles. The van der Waals surface area contributed by atoms with Crippen LogP contribution >= 0.6 is 0 Å². The van der Waals surface area contributed by atoms with Crippen LogP contribution in [-0.4, -0.2) is 12.3 Å². The molecule has 0 bridgehead atoms. The third-order valence-electron chi connectivity index (χ3n) is 2.61. The van der Waals surface area contributed by atoms with E-state index in [9.17, 15) is 0 Å². The predicted molar refractivity (Wildman–Crippen MR) is 47.8 cm³/mol. The van der Waals surface area contributed by atoms with Crippen LogP contribution in [0.1, 0.15) is 13.8 Å². The van der Waals surface area contributed by atoms with Gasteiger partial charge in [0, 0.05) is 12.1 Å². The Morgan fingerprint density at radius 1 is 1.45 bits per heavy atom. The van der Waals surface area contributed by atoms with Crippen molar-refractivity contribution >= 4 is 6.21 Å². The van der Waals surface area contributed by atoms with Crippen LogP contribution in [0.2, 0.25) is 0 Å². The van der Waals surface area contributed by atoms with E-state index in [2.05, 4.69) is 43.3 Å². The molecule has 11 heavy (non-hydrogen) atoms. The summed E-state index contributed by atoms with van der Waals surface area (Å²) in [5.74, 6) is 1.26. The number of hydrogen-bond acceptors (Lipinski definition) is 1. The van der Waals surface area contributed by atoms with Crippen molar-refractivity contribution < 1.29 is 0 Å². The number of aliphatic imine (C=N–C) groups is 1. The van der Waals surface area contributed by atoms with Crippen LogP contribution in [0.3, 0.4) is 0 Å². The summed E-state index contributed by atoms with van der Waals surface area (Å²) in [5, 5.41) is 0. The van der Waals surface area contributed by atoms with E-state index in [0.717, 1.165) is 0 Å². The van der Waals surface area contributed by atoms with Gasteiger partial charge >= 0.3 is 0 Å². The van der Waals surface area contributed by atoms with Gasteiger partial charge < -0.3 is 0 Å². The molecule has 0 N–H and O–H groups in total.